The number of thiazole rings is 1. The average molecular weight is 349 g/mol. The molecule has 0 aliphatic heterocycles. The summed E-state index contributed by atoms with van der Waals surface area (Å²) in [5, 5.41) is 7.20. The summed E-state index contributed by atoms with van der Waals surface area (Å²) in [6, 6.07) is 15.5. The topological polar surface area (TPSA) is 61.0 Å². The van der Waals surface area contributed by atoms with Gasteiger partial charge >= 0.3 is 0 Å². The van der Waals surface area contributed by atoms with Gasteiger partial charge in [-0.2, -0.15) is 4.98 Å². The van der Waals surface area contributed by atoms with Crippen LogP contribution in [0.5, 0.6) is 5.75 Å². The van der Waals surface area contributed by atoms with Crippen LogP contribution in [0.15, 0.2) is 58.4 Å². The Morgan fingerprint density at radius 2 is 1.76 bits per heavy atom. The molecule has 0 atom stereocenters. The fourth-order valence-corrected chi connectivity index (χ4v) is 3.13. The van der Waals surface area contributed by atoms with Crippen molar-refractivity contribution in [2.24, 2.45) is 0 Å². The zero-order valence-corrected chi connectivity index (χ0v) is 14.6. The van der Waals surface area contributed by atoms with Gasteiger partial charge in [-0.25, -0.2) is 4.98 Å². The van der Waals surface area contributed by atoms with Gasteiger partial charge in [0.15, 0.2) is 0 Å². The summed E-state index contributed by atoms with van der Waals surface area (Å²) in [5.41, 5.74) is 3.75. The maximum absolute atomic E-state index is 5.41. The van der Waals surface area contributed by atoms with E-state index in [1.54, 1.807) is 18.4 Å². The van der Waals surface area contributed by atoms with Gasteiger partial charge in [0.1, 0.15) is 5.75 Å². The van der Waals surface area contributed by atoms with Crippen LogP contribution in [0, 0.1) is 6.92 Å². The van der Waals surface area contributed by atoms with Crippen molar-refractivity contribution in [1.29, 1.82) is 0 Å². The first kappa shape index (κ1) is 15.5. The summed E-state index contributed by atoms with van der Waals surface area (Å²) in [5.74, 6) is 1.82. The number of aromatic nitrogens is 3. The highest BCUT2D eigenvalue weighted by Crippen LogP contribution is 2.28. The van der Waals surface area contributed by atoms with E-state index in [4.69, 9.17) is 9.26 Å². The molecule has 2 aromatic carbocycles. The standard InChI is InChI=1S/C19H15N3O2S/c1-12-20-17(11-25-12)14-4-3-5-15(10-14)18-21-19(24-22-18)13-6-8-16(23-2)9-7-13/h3-11H,1-2H3. The lowest BCUT2D eigenvalue weighted by atomic mass is 10.1. The Morgan fingerprint density at radius 3 is 2.48 bits per heavy atom. The molecule has 5 nitrogen and oxygen atoms in total. The van der Waals surface area contributed by atoms with E-state index in [1.165, 1.54) is 0 Å². The van der Waals surface area contributed by atoms with Gasteiger partial charge in [0.25, 0.3) is 5.89 Å². The molecule has 0 fully saturated rings. The van der Waals surface area contributed by atoms with Crippen LogP contribution >= 0.6 is 11.3 Å². The van der Waals surface area contributed by atoms with Gasteiger partial charge in [0, 0.05) is 22.1 Å². The molecule has 2 aromatic heterocycles. The first-order valence-corrected chi connectivity index (χ1v) is 8.62. The zero-order valence-electron chi connectivity index (χ0n) is 13.8. The highest BCUT2D eigenvalue weighted by atomic mass is 32.1. The smallest absolute Gasteiger partial charge is 0.258 e. The minimum Gasteiger partial charge on any atom is -0.497 e. The Kier molecular flexibility index (Phi) is 4.03. The van der Waals surface area contributed by atoms with Gasteiger partial charge in [-0.3, -0.25) is 0 Å². The molecule has 0 saturated heterocycles. The van der Waals surface area contributed by atoms with Gasteiger partial charge in [0.05, 0.1) is 17.8 Å². The van der Waals surface area contributed by atoms with Crippen LogP contribution in [-0.4, -0.2) is 22.2 Å². The molecule has 0 spiro atoms. The summed E-state index contributed by atoms with van der Waals surface area (Å²) >= 11 is 1.63. The van der Waals surface area contributed by atoms with Crippen molar-refractivity contribution < 1.29 is 9.26 Å². The molecule has 0 unspecified atom stereocenters. The van der Waals surface area contributed by atoms with Crippen LogP contribution < -0.4 is 4.74 Å². The fraction of sp³-hybridized carbons (Fsp3) is 0.105. The van der Waals surface area contributed by atoms with Gasteiger partial charge < -0.3 is 9.26 Å². The molecular formula is C19H15N3O2S. The number of nitrogens with zero attached hydrogens (tertiary/aromatic N) is 3. The molecule has 4 rings (SSSR count). The number of rotatable bonds is 4. The molecule has 0 bridgehead atoms. The largest absolute Gasteiger partial charge is 0.497 e. The Hall–Kier alpha value is -2.99. The summed E-state index contributed by atoms with van der Waals surface area (Å²) in [6.07, 6.45) is 0. The van der Waals surface area contributed by atoms with E-state index >= 15 is 0 Å². The van der Waals surface area contributed by atoms with Gasteiger partial charge in [-0.15, -0.1) is 11.3 Å². The Bertz CT molecular complexity index is 1010. The maximum Gasteiger partial charge on any atom is 0.258 e. The number of aryl methyl sites for hydroxylation is 1. The van der Waals surface area contributed by atoms with Crippen molar-refractivity contribution in [1.82, 2.24) is 15.1 Å². The second-order valence-electron chi connectivity index (χ2n) is 5.48. The summed E-state index contributed by atoms with van der Waals surface area (Å²) in [4.78, 5) is 9.04. The average Bonchev–Trinajstić information content (AvgIpc) is 3.31. The fourth-order valence-electron chi connectivity index (χ4n) is 2.51. The van der Waals surface area contributed by atoms with E-state index < -0.39 is 0 Å². The third-order valence-corrected chi connectivity index (χ3v) is 4.57. The second kappa shape index (κ2) is 6.49. The number of ether oxygens (including phenoxy) is 1. The van der Waals surface area contributed by atoms with Crippen LogP contribution in [0.4, 0.5) is 0 Å². The Balaban J connectivity index is 1.65. The predicted octanol–water partition coefficient (Wildman–Crippen LogP) is 4.84. The van der Waals surface area contributed by atoms with E-state index in [-0.39, 0.29) is 0 Å². The predicted molar refractivity (Wildman–Crippen MR) is 97.6 cm³/mol. The molecule has 0 aliphatic carbocycles. The molecule has 0 amide bonds. The maximum atomic E-state index is 5.41. The molecule has 2 heterocycles. The van der Waals surface area contributed by atoms with Crippen LogP contribution in [0.25, 0.3) is 34.1 Å². The first-order valence-electron chi connectivity index (χ1n) is 7.74. The second-order valence-corrected chi connectivity index (χ2v) is 6.55. The van der Waals surface area contributed by atoms with E-state index in [9.17, 15) is 0 Å². The molecule has 4 aromatic rings. The SMILES string of the molecule is COc1ccc(-c2nc(-c3cccc(-c4csc(C)n4)c3)no2)cc1. The number of methoxy groups -OCH3 is 1. The van der Waals surface area contributed by atoms with E-state index in [2.05, 4.69) is 15.1 Å². The molecule has 0 aliphatic rings. The van der Waals surface area contributed by atoms with Crippen molar-refractivity contribution in [3.8, 4) is 39.8 Å². The highest BCUT2D eigenvalue weighted by Gasteiger charge is 2.12. The molecule has 6 heteroatoms. The normalized spacial score (nSPS) is 10.8. The molecular weight excluding hydrogens is 334 g/mol. The van der Waals surface area contributed by atoms with Crippen LogP contribution in [0.3, 0.4) is 0 Å². The third-order valence-electron chi connectivity index (χ3n) is 3.80. The van der Waals surface area contributed by atoms with Gasteiger partial charge in [-0.1, -0.05) is 23.4 Å². The number of hydrogen-bond acceptors (Lipinski definition) is 6. The van der Waals surface area contributed by atoms with E-state index in [1.807, 2.05) is 60.8 Å². The van der Waals surface area contributed by atoms with Crippen molar-refractivity contribution >= 4 is 11.3 Å². The monoisotopic (exact) mass is 349 g/mol. The van der Waals surface area contributed by atoms with E-state index in [0.29, 0.717) is 11.7 Å². The van der Waals surface area contributed by atoms with Crippen molar-refractivity contribution in [3.63, 3.8) is 0 Å². The van der Waals surface area contributed by atoms with Gasteiger partial charge in [-0.05, 0) is 37.3 Å². The zero-order chi connectivity index (χ0) is 17.2. The molecule has 0 radical (unpaired) electrons. The van der Waals surface area contributed by atoms with Crippen molar-refractivity contribution in [2.45, 2.75) is 6.92 Å². The van der Waals surface area contributed by atoms with Crippen LogP contribution in [0.1, 0.15) is 5.01 Å². The Morgan fingerprint density at radius 1 is 0.960 bits per heavy atom. The lowest BCUT2D eigenvalue weighted by Crippen LogP contribution is -1.85. The first-order chi connectivity index (χ1) is 12.2. The quantitative estimate of drug-likeness (QED) is 0.527. The van der Waals surface area contributed by atoms with E-state index in [0.717, 1.165) is 33.1 Å². The molecule has 0 N–H and O–H groups in total. The van der Waals surface area contributed by atoms with Crippen LogP contribution in [0.2, 0.25) is 0 Å². The number of benzene rings is 2. The minimum atomic E-state index is 0.479. The lowest BCUT2D eigenvalue weighted by molar-refractivity contribution is 0.414. The third kappa shape index (κ3) is 3.16. The summed E-state index contributed by atoms with van der Waals surface area (Å²) in [6.45, 7) is 2.00. The Labute approximate surface area is 148 Å². The van der Waals surface area contributed by atoms with Crippen molar-refractivity contribution in [2.75, 3.05) is 7.11 Å². The lowest BCUT2D eigenvalue weighted by Gasteiger charge is -2.00. The van der Waals surface area contributed by atoms with Gasteiger partial charge in [0.2, 0.25) is 5.82 Å². The summed E-state index contributed by atoms with van der Waals surface area (Å²) in [7, 11) is 1.64. The molecule has 0 saturated carbocycles. The molecule has 124 valence electrons. The number of hydrogen-bond donors (Lipinski definition) is 0. The summed E-state index contributed by atoms with van der Waals surface area (Å²) < 4.78 is 10.6. The minimum absolute atomic E-state index is 0.479. The molecule has 25 heavy (non-hydrogen) atoms. The highest BCUT2D eigenvalue weighted by molar-refractivity contribution is 7.09. The van der Waals surface area contributed by atoms with Crippen molar-refractivity contribution in [3.05, 3.63) is 58.9 Å². The van der Waals surface area contributed by atoms with Crippen LogP contribution in [-0.2, 0) is 0 Å².